The number of benzene rings is 1. The summed E-state index contributed by atoms with van der Waals surface area (Å²) in [6.07, 6.45) is 6.66. The number of ether oxygens (including phenoxy) is 1. The SMILES string of the molecule is CC1=CCCC=C1OCc1ccccc1. The van der Waals surface area contributed by atoms with Crippen molar-refractivity contribution in [3.05, 3.63) is 59.4 Å². The molecule has 0 amide bonds. The van der Waals surface area contributed by atoms with Crippen LogP contribution in [-0.2, 0) is 11.3 Å². The van der Waals surface area contributed by atoms with E-state index in [1.807, 2.05) is 18.2 Å². The van der Waals surface area contributed by atoms with Crippen molar-refractivity contribution >= 4 is 0 Å². The van der Waals surface area contributed by atoms with Gasteiger partial charge >= 0.3 is 0 Å². The molecule has 0 saturated carbocycles. The Morgan fingerprint density at radius 3 is 2.53 bits per heavy atom. The Hall–Kier alpha value is -1.50. The largest absolute Gasteiger partial charge is 0.489 e. The summed E-state index contributed by atoms with van der Waals surface area (Å²) in [5, 5.41) is 0. The Balaban J connectivity index is 1.94. The Bertz CT molecular complexity index is 374. The lowest BCUT2D eigenvalue weighted by atomic mass is 10.1. The molecular formula is C14H16O. The van der Waals surface area contributed by atoms with Crippen LogP contribution >= 0.6 is 0 Å². The Morgan fingerprint density at radius 1 is 1.07 bits per heavy atom. The van der Waals surface area contributed by atoms with Crippen LogP contribution in [0.2, 0.25) is 0 Å². The first-order valence-electron chi connectivity index (χ1n) is 5.40. The first-order chi connectivity index (χ1) is 7.36. The van der Waals surface area contributed by atoms with Crippen LogP contribution < -0.4 is 0 Å². The summed E-state index contributed by atoms with van der Waals surface area (Å²) >= 11 is 0. The first-order valence-corrected chi connectivity index (χ1v) is 5.40. The fourth-order valence-corrected chi connectivity index (χ4v) is 1.68. The lowest BCUT2D eigenvalue weighted by Crippen LogP contribution is -1.98. The molecule has 0 N–H and O–H groups in total. The second kappa shape index (κ2) is 4.83. The van der Waals surface area contributed by atoms with Crippen molar-refractivity contribution in [2.75, 3.05) is 0 Å². The van der Waals surface area contributed by atoms with Crippen LogP contribution in [-0.4, -0.2) is 0 Å². The van der Waals surface area contributed by atoms with Gasteiger partial charge in [0.05, 0.1) is 0 Å². The van der Waals surface area contributed by atoms with Crippen LogP contribution in [0, 0.1) is 0 Å². The Morgan fingerprint density at radius 2 is 1.80 bits per heavy atom. The highest BCUT2D eigenvalue weighted by molar-refractivity contribution is 5.27. The summed E-state index contributed by atoms with van der Waals surface area (Å²) in [6.45, 7) is 2.77. The highest BCUT2D eigenvalue weighted by atomic mass is 16.5. The maximum Gasteiger partial charge on any atom is 0.118 e. The van der Waals surface area contributed by atoms with Crippen molar-refractivity contribution < 1.29 is 4.74 Å². The molecule has 1 aliphatic carbocycles. The quantitative estimate of drug-likeness (QED) is 0.720. The van der Waals surface area contributed by atoms with E-state index in [1.165, 1.54) is 11.1 Å². The normalized spacial score (nSPS) is 15.5. The topological polar surface area (TPSA) is 9.23 Å². The smallest absolute Gasteiger partial charge is 0.118 e. The van der Waals surface area contributed by atoms with Crippen molar-refractivity contribution in [3.63, 3.8) is 0 Å². The zero-order valence-corrected chi connectivity index (χ0v) is 9.07. The molecule has 2 rings (SSSR count). The molecule has 0 aliphatic heterocycles. The molecule has 1 aromatic rings. The highest BCUT2D eigenvalue weighted by Gasteiger charge is 2.05. The molecule has 0 aromatic heterocycles. The molecule has 0 unspecified atom stereocenters. The standard InChI is InChI=1S/C14H16O/c1-12-7-5-6-10-14(12)15-11-13-8-3-2-4-9-13/h2-4,7-10H,5-6,11H2,1H3. The lowest BCUT2D eigenvalue weighted by molar-refractivity contribution is 0.204. The van der Waals surface area contributed by atoms with E-state index in [9.17, 15) is 0 Å². The molecule has 1 aliphatic rings. The van der Waals surface area contributed by atoms with Crippen LogP contribution in [0.4, 0.5) is 0 Å². The maximum absolute atomic E-state index is 5.77. The number of hydrogen-bond donors (Lipinski definition) is 0. The van der Waals surface area contributed by atoms with Crippen molar-refractivity contribution in [2.24, 2.45) is 0 Å². The number of hydrogen-bond acceptors (Lipinski definition) is 1. The average molecular weight is 200 g/mol. The molecule has 1 aromatic carbocycles. The van der Waals surface area contributed by atoms with Crippen molar-refractivity contribution in [3.8, 4) is 0 Å². The predicted molar refractivity (Wildman–Crippen MR) is 62.3 cm³/mol. The van der Waals surface area contributed by atoms with E-state index >= 15 is 0 Å². The minimum Gasteiger partial charge on any atom is -0.489 e. The third-order valence-corrected chi connectivity index (χ3v) is 2.57. The lowest BCUT2D eigenvalue weighted by Gasteiger charge is -2.14. The monoisotopic (exact) mass is 200 g/mol. The molecule has 0 radical (unpaired) electrons. The summed E-state index contributed by atoms with van der Waals surface area (Å²) < 4.78 is 5.77. The van der Waals surface area contributed by atoms with E-state index in [1.54, 1.807) is 0 Å². The minimum atomic E-state index is 0.665. The van der Waals surface area contributed by atoms with Gasteiger partial charge in [0, 0.05) is 0 Å². The van der Waals surface area contributed by atoms with E-state index in [2.05, 4.69) is 31.2 Å². The fourth-order valence-electron chi connectivity index (χ4n) is 1.68. The van der Waals surface area contributed by atoms with Crippen LogP contribution in [0.3, 0.4) is 0 Å². The van der Waals surface area contributed by atoms with Gasteiger partial charge in [-0.15, -0.1) is 0 Å². The fraction of sp³-hybridized carbons (Fsp3) is 0.286. The summed E-state index contributed by atoms with van der Waals surface area (Å²) in [7, 11) is 0. The third kappa shape index (κ3) is 2.72. The zero-order chi connectivity index (χ0) is 10.5. The van der Waals surface area contributed by atoms with Gasteiger partial charge in [-0.2, -0.15) is 0 Å². The summed E-state index contributed by atoms with van der Waals surface area (Å²) in [4.78, 5) is 0. The van der Waals surface area contributed by atoms with Gasteiger partial charge in [-0.25, -0.2) is 0 Å². The van der Waals surface area contributed by atoms with Gasteiger partial charge in [-0.1, -0.05) is 36.4 Å². The van der Waals surface area contributed by atoms with Crippen LogP contribution in [0.15, 0.2) is 53.8 Å². The summed E-state index contributed by atoms with van der Waals surface area (Å²) in [6, 6.07) is 10.3. The molecule has 0 bridgehead atoms. The van der Waals surface area contributed by atoms with E-state index in [4.69, 9.17) is 4.74 Å². The highest BCUT2D eigenvalue weighted by Crippen LogP contribution is 2.20. The Labute approximate surface area is 91.1 Å². The molecule has 0 spiro atoms. The molecule has 15 heavy (non-hydrogen) atoms. The van der Waals surface area contributed by atoms with Gasteiger partial charge in [0.2, 0.25) is 0 Å². The van der Waals surface area contributed by atoms with Crippen LogP contribution in [0.1, 0.15) is 25.3 Å². The molecular weight excluding hydrogens is 184 g/mol. The van der Waals surface area contributed by atoms with E-state index < -0.39 is 0 Å². The van der Waals surface area contributed by atoms with Crippen LogP contribution in [0.5, 0.6) is 0 Å². The second-order valence-electron chi connectivity index (χ2n) is 3.81. The predicted octanol–water partition coefficient (Wildman–Crippen LogP) is 3.83. The van der Waals surface area contributed by atoms with Crippen molar-refractivity contribution in [1.82, 2.24) is 0 Å². The molecule has 0 saturated heterocycles. The van der Waals surface area contributed by atoms with E-state index in [0.717, 1.165) is 18.6 Å². The molecule has 1 nitrogen and oxygen atoms in total. The van der Waals surface area contributed by atoms with Gasteiger partial charge in [-0.05, 0) is 37.0 Å². The van der Waals surface area contributed by atoms with Crippen LogP contribution in [0.25, 0.3) is 0 Å². The molecule has 0 atom stereocenters. The maximum atomic E-state index is 5.77. The van der Waals surface area contributed by atoms with Gasteiger partial charge in [0.1, 0.15) is 12.4 Å². The summed E-state index contributed by atoms with van der Waals surface area (Å²) in [5.41, 5.74) is 2.48. The third-order valence-electron chi connectivity index (χ3n) is 2.57. The first kappa shape index (κ1) is 10.0. The van der Waals surface area contributed by atoms with E-state index in [-0.39, 0.29) is 0 Å². The van der Waals surface area contributed by atoms with Gasteiger partial charge in [0.25, 0.3) is 0 Å². The van der Waals surface area contributed by atoms with Gasteiger partial charge in [0.15, 0.2) is 0 Å². The van der Waals surface area contributed by atoms with E-state index in [0.29, 0.717) is 6.61 Å². The van der Waals surface area contributed by atoms with Gasteiger partial charge in [-0.3, -0.25) is 0 Å². The molecule has 0 fully saturated rings. The number of allylic oxidation sites excluding steroid dienone is 3. The molecule has 0 heterocycles. The second-order valence-corrected chi connectivity index (χ2v) is 3.81. The number of rotatable bonds is 3. The van der Waals surface area contributed by atoms with Crippen molar-refractivity contribution in [1.29, 1.82) is 0 Å². The molecule has 78 valence electrons. The van der Waals surface area contributed by atoms with Gasteiger partial charge < -0.3 is 4.74 Å². The summed E-state index contributed by atoms with van der Waals surface area (Å²) in [5.74, 6) is 1.05. The average Bonchev–Trinajstić information content (AvgIpc) is 2.29. The van der Waals surface area contributed by atoms with Crippen molar-refractivity contribution in [2.45, 2.75) is 26.4 Å². The Kier molecular flexibility index (Phi) is 3.23. The molecule has 1 heteroatoms. The minimum absolute atomic E-state index is 0.665. The zero-order valence-electron chi connectivity index (χ0n) is 9.07.